The number of anilines is 1. The Kier molecular flexibility index (Phi) is 7.28. The highest BCUT2D eigenvalue weighted by Crippen LogP contribution is 2.33. The second-order valence-electron chi connectivity index (χ2n) is 7.68. The first-order valence-corrected chi connectivity index (χ1v) is 10.3. The zero-order chi connectivity index (χ0) is 21.1. The number of aliphatic imine (C=N–C) groups is 1. The number of rotatable bonds is 4. The SMILES string of the molecule is COc1cc2c(cc1OC)C(N1CCC(NC(=O)c3cccc(N)c3)CC1)=NCC2.Cl. The highest BCUT2D eigenvalue weighted by molar-refractivity contribution is 6.01. The number of ether oxygens (including phenoxy) is 2. The van der Waals surface area contributed by atoms with Crippen LogP contribution in [0.5, 0.6) is 11.5 Å². The number of likely N-dealkylation sites (tertiary alicyclic amines) is 1. The Labute approximate surface area is 189 Å². The number of amidine groups is 1. The van der Waals surface area contributed by atoms with Gasteiger partial charge >= 0.3 is 0 Å². The van der Waals surface area contributed by atoms with Crippen molar-refractivity contribution >= 4 is 29.8 Å². The van der Waals surface area contributed by atoms with Gasteiger partial charge in [0.2, 0.25) is 0 Å². The van der Waals surface area contributed by atoms with Gasteiger partial charge in [-0.05, 0) is 55.2 Å². The Bertz CT molecular complexity index is 971. The average molecular weight is 445 g/mol. The number of benzene rings is 2. The van der Waals surface area contributed by atoms with Crippen LogP contribution < -0.4 is 20.5 Å². The first-order valence-electron chi connectivity index (χ1n) is 10.3. The second kappa shape index (κ2) is 9.92. The van der Waals surface area contributed by atoms with E-state index in [1.807, 2.05) is 6.07 Å². The van der Waals surface area contributed by atoms with Crippen LogP contribution in [-0.4, -0.2) is 56.5 Å². The maximum atomic E-state index is 12.5. The molecule has 8 heteroatoms. The molecule has 2 heterocycles. The Balaban J connectivity index is 0.00000272. The number of methoxy groups -OCH3 is 2. The van der Waals surface area contributed by atoms with Crippen LogP contribution in [0.3, 0.4) is 0 Å². The summed E-state index contributed by atoms with van der Waals surface area (Å²) in [6.07, 6.45) is 2.64. The monoisotopic (exact) mass is 444 g/mol. The quantitative estimate of drug-likeness (QED) is 0.708. The van der Waals surface area contributed by atoms with Crippen LogP contribution >= 0.6 is 12.4 Å². The molecule has 0 saturated carbocycles. The number of nitrogens with zero attached hydrogens (tertiary/aromatic N) is 2. The fraction of sp³-hybridized carbons (Fsp3) is 0.391. The van der Waals surface area contributed by atoms with Crippen molar-refractivity contribution < 1.29 is 14.3 Å². The Morgan fingerprint density at radius 3 is 2.52 bits per heavy atom. The molecule has 2 aromatic rings. The van der Waals surface area contributed by atoms with Crippen LogP contribution in [0.25, 0.3) is 0 Å². The lowest BCUT2D eigenvalue weighted by Gasteiger charge is -2.36. The zero-order valence-electron chi connectivity index (χ0n) is 17.9. The molecular weight excluding hydrogens is 416 g/mol. The largest absolute Gasteiger partial charge is 0.493 e. The number of hydrogen-bond donors (Lipinski definition) is 2. The second-order valence-corrected chi connectivity index (χ2v) is 7.68. The standard InChI is InChI=1S/C23H28N4O3.ClH/c1-29-20-13-15-6-9-25-22(19(15)14-21(20)30-2)27-10-7-18(8-11-27)26-23(28)16-4-3-5-17(24)12-16;/h3-5,12-14,18H,6-11,24H2,1-2H3,(H,26,28);1H. The summed E-state index contributed by atoms with van der Waals surface area (Å²) in [6.45, 7) is 2.45. The van der Waals surface area contributed by atoms with E-state index in [4.69, 9.17) is 20.2 Å². The van der Waals surface area contributed by atoms with E-state index in [1.165, 1.54) is 5.56 Å². The molecule has 31 heavy (non-hydrogen) atoms. The molecule has 166 valence electrons. The van der Waals surface area contributed by atoms with Gasteiger partial charge in [0.25, 0.3) is 5.91 Å². The van der Waals surface area contributed by atoms with Crippen molar-refractivity contribution in [3.05, 3.63) is 53.1 Å². The van der Waals surface area contributed by atoms with E-state index in [-0.39, 0.29) is 24.4 Å². The summed E-state index contributed by atoms with van der Waals surface area (Å²) < 4.78 is 10.9. The van der Waals surface area contributed by atoms with Crippen LogP contribution in [0.2, 0.25) is 0 Å². The number of halogens is 1. The molecule has 0 spiro atoms. The molecular formula is C23H29ClN4O3. The Morgan fingerprint density at radius 1 is 1.13 bits per heavy atom. The number of nitrogens with one attached hydrogen (secondary N) is 1. The maximum Gasteiger partial charge on any atom is 0.251 e. The maximum absolute atomic E-state index is 12.5. The Hall–Kier alpha value is -2.93. The summed E-state index contributed by atoms with van der Waals surface area (Å²) in [5.74, 6) is 2.41. The number of carbonyl (C=O) groups is 1. The van der Waals surface area contributed by atoms with Crippen molar-refractivity contribution in [2.24, 2.45) is 4.99 Å². The number of carbonyl (C=O) groups excluding carboxylic acids is 1. The Morgan fingerprint density at radius 2 is 1.84 bits per heavy atom. The molecule has 1 fully saturated rings. The first kappa shape index (κ1) is 22.7. The van der Waals surface area contributed by atoms with Crippen molar-refractivity contribution in [3.8, 4) is 11.5 Å². The number of amides is 1. The summed E-state index contributed by atoms with van der Waals surface area (Å²) in [6, 6.07) is 11.3. The number of fused-ring (bicyclic) bond motifs is 1. The van der Waals surface area contributed by atoms with Gasteiger partial charge in [0.05, 0.1) is 14.2 Å². The number of hydrogen-bond acceptors (Lipinski definition) is 6. The van der Waals surface area contributed by atoms with Crippen LogP contribution in [0.4, 0.5) is 5.69 Å². The van der Waals surface area contributed by atoms with E-state index in [0.29, 0.717) is 11.3 Å². The zero-order valence-corrected chi connectivity index (χ0v) is 18.7. The van der Waals surface area contributed by atoms with E-state index >= 15 is 0 Å². The topological polar surface area (TPSA) is 89.2 Å². The third-order valence-electron chi connectivity index (χ3n) is 5.77. The predicted molar refractivity (Wildman–Crippen MR) is 125 cm³/mol. The van der Waals surface area contributed by atoms with Crippen molar-refractivity contribution in [2.45, 2.75) is 25.3 Å². The predicted octanol–water partition coefficient (Wildman–Crippen LogP) is 2.90. The van der Waals surface area contributed by atoms with Gasteiger partial charge in [-0.15, -0.1) is 12.4 Å². The fourth-order valence-electron chi connectivity index (χ4n) is 4.16. The van der Waals surface area contributed by atoms with E-state index in [0.717, 1.165) is 61.8 Å². The average Bonchev–Trinajstić information content (AvgIpc) is 2.78. The van der Waals surface area contributed by atoms with Gasteiger partial charge in [-0.3, -0.25) is 9.79 Å². The van der Waals surface area contributed by atoms with Gasteiger partial charge in [-0.25, -0.2) is 0 Å². The van der Waals surface area contributed by atoms with Gasteiger partial charge < -0.3 is 25.4 Å². The summed E-state index contributed by atoms with van der Waals surface area (Å²) in [5.41, 5.74) is 9.33. The van der Waals surface area contributed by atoms with Gasteiger partial charge in [0.15, 0.2) is 11.5 Å². The van der Waals surface area contributed by atoms with Crippen molar-refractivity contribution in [3.63, 3.8) is 0 Å². The summed E-state index contributed by atoms with van der Waals surface area (Å²) in [7, 11) is 3.31. The fourth-order valence-corrected chi connectivity index (χ4v) is 4.16. The normalized spacial score (nSPS) is 15.9. The van der Waals surface area contributed by atoms with Gasteiger partial charge in [-0.2, -0.15) is 0 Å². The molecule has 1 amide bonds. The smallest absolute Gasteiger partial charge is 0.251 e. The minimum Gasteiger partial charge on any atom is -0.493 e. The number of nitrogens with two attached hydrogens (primary N) is 1. The van der Waals surface area contributed by atoms with Crippen LogP contribution in [0.1, 0.15) is 34.3 Å². The molecule has 1 saturated heterocycles. The van der Waals surface area contributed by atoms with Crippen LogP contribution in [0, 0.1) is 0 Å². The molecule has 0 aromatic heterocycles. The minimum atomic E-state index is -0.0714. The van der Waals surface area contributed by atoms with Gasteiger partial charge in [0, 0.05) is 42.5 Å². The molecule has 0 atom stereocenters. The summed E-state index contributed by atoms with van der Waals surface area (Å²) in [5, 5.41) is 3.14. The summed E-state index contributed by atoms with van der Waals surface area (Å²) in [4.78, 5) is 19.6. The molecule has 0 aliphatic carbocycles. The molecule has 2 aromatic carbocycles. The molecule has 0 bridgehead atoms. The van der Waals surface area contributed by atoms with Gasteiger partial charge in [0.1, 0.15) is 5.84 Å². The molecule has 0 unspecified atom stereocenters. The molecule has 7 nitrogen and oxygen atoms in total. The third kappa shape index (κ3) is 4.88. The highest BCUT2D eigenvalue weighted by atomic mass is 35.5. The van der Waals surface area contributed by atoms with E-state index in [9.17, 15) is 4.79 Å². The van der Waals surface area contributed by atoms with E-state index in [2.05, 4.69) is 16.3 Å². The lowest BCUT2D eigenvalue weighted by atomic mass is 9.97. The third-order valence-corrected chi connectivity index (χ3v) is 5.77. The van der Waals surface area contributed by atoms with Crippen molar-refractivity contribution in [1.82, 2.24) is 10.2 Å². The lowest BCUT2D eigenvalue weighted by Crippen LogP contribution is -2.47. The number of piperidine rings is 1. The lowest BCUT2D eigenvalue weighted by molar-refractivity contribution is 0.0922. The molecule has 2 aliphatic heterocycles. The molecule has 0 radical (unpaired) electrons. The first-order chi connectivity index (χ1) is 14.6. The van der Waals surface area contributed by atoms with Crippen molar-refractivity contribution in [2.75, 3.05) is 39.6 Å². The van der Waals surface area contributed by atoms with Crippen LogP contribution in [-0.2, 0) is 6.42 Å². The molecule has 3 N–H and O–H groups in total. The summed E-state index contributed by atoms with van der Waals surface area (Å²) >= 11 is 0. The van der Waals surface area contributed by atoms with Crippen LogP contribution in [0.15, 0.2) is 41.4 Å². The highest BCUT2D eigenvalue weighted by Gasteiger charge is 2.27. The number of nitrogen functional groups attached to an aromatic ring is 1. The van der Waals surface area contributed by atoms with E-state index < -0.39 is 0 Å². The van der Waals surface area contributed by atoms with Crippen molar-refractivity contribution in [1.29, 1.82) is 0 Å². The minimum absolute atomic E-state index is 0. The van der Waals surface area contributed by atoms with E-state index in [1.54, 1.807) is 38.5 Å². The van der Waals surface area contributed by atoms with Gasteiger partial charge in [-0.1, -0.05) is 6.07 Å². The molecule has 2 aliphatic rings. The molecule has 4 rings (SSSR count).